The Bertz CT molecular complexity index is 442. The number of nitrogens with one attached hydrogen (secondary N) is 1. The van der Waals surface area contributed by atoms with Gasteiger partial charge in [0.25, 0.3) is 0 Å². The van der Waals surface area contributed by atoms with Crippen molar-refractivity contribution in [1.82, 2.24) is 10.2 Å². The zero-order chi connectivity index (χ0) is 14.5. The Morgan fingerprint density at radius 2 is 2.10 bits per heavy atom. The largest absolute Gasteiger partial charge is 0.497 e. The van der Waals surface area contributed by atoms with Crippen LogP contribution in [-0.4, -0.2) is 37.0 Å². The minimum absolute atomic E-state index is 0.0190. The number of piperidine rings is 1. The van der Waals surface area contributed by atoms with E-state index < -0.39 is 0 Å². The Kier molecular flexibility index (Phi) is 5.01. The maximum absolute atomic E-state index is 12.5. The summed E-state index contributed by atoms with van der Waals surface area (Å²) >= 11 is 0. The highest BCUT2D eigenvalue weighted by molar-refractivity contribution is 5.83. The second kappa shape index (κ2) is 6.75. The van der Waals surface area contributed by atoms with Crippen LogP contribution in [0.5, 0.6) is 5.75 Å². The van der Waals surface area contributed by atoms with E-state index in [1.54, 1.807) is 7.11 Å². The Labute approximate surface area is 121 Å². The fourth-order valence-corrected chi connectivity index (χ4v) is 2.78. The number of hydrogen-bond acceptors (Lipinski definition) is 3. The van der Waals surface area contributed by atoms with Crippen LogP contribution in [0.1, 0.15) is 38.3 Å². The first kappa shape index (κ1) is 14.9. The first-order chi connectivity index (χ1) is 9.67. The minimum atomic E-state index is -0.0190. The first-order valence-corrected chi connectivity index (χ1v) is 7.35. The molecule has 2 unspecified atom stereocenters. The summed E-state index contributed by atoms with van der Waals surface area (Å²) in [5.41, 5.74) is 1.15. The molecule has 1 amide bonds. The minimum Gasteiger partial charge on any atom is -0.497 e. The predicted octanol–water partition coefficient (Wildman–Crippen LogP) is 2.36. The maximum Gasteiger partial charge on any atom is 0.240 e. The lowest BCUT2D eigenvalue weighted by Crippen LogP contribution is -2.51. The van der Waals surface area contributed by atoms with Gasteiger partial charge in [0.05, 0.1) is 19.2 Å². The van der Waals surface area contributed by atoms with Gasteiger partial charge in [-0.3, -0.25) is 4.79 Å². The number of carbonyl (C=O) groups excluding carboxylic acids is 1. The summed E-state index contributed by atoms with van der Waals surface area (Å²) in [6, 6.07) is 8.05. The van der Waals surface area contributed by atoms with E-state index in [4.69, 9.17) is 4.74 Å². The fraction of sp³-hybridized carbons (Fsp3) is 0.562. The van der Waals surface area contributed by atoms with Crippen molar-refractivity contribution in [2.45, 2.75) is 38.8 Å². The Morgan fingerprint density at radius 3 is 2.70 bits per heavy atom. The van der Waals surface area contributed by atoms with Crippen LogP contribution >= 0.6 is 0 Å². The molecule has 1 heterocycles. The van der Waals surface area contributed by atoms with Gasteiger partial charge in [-0.25, -0.2) is 0 Å². The number of benzene rings is 1. The number of rotatable bonds is 5. The lowest BCUT2D eigenvalue weighted by atomic mass is 9.99. The van der Waals surface area contributed by atoms with Gasteiger partial charge in [-0.05, 0) is 44.0 Å². The number of nitrogens with zero attached hydrogens (tertiary/aromatic N) is 1. The summed E-state index contributed by atoms with van der Waals surface area (Å²) in [5.74, 6) is 1.07. The molecule has 110 valence electrons. The SMILES string of the molecule is CCNC1CCCN(C(C)c2ccc(OC)cc2)C1=O. The Morgan fingerprint density at radius 1 is 1.40 bits per heavy atom. The number of methoxy groups -OCH3 is 1. The van der Waals surface area contributed by atoms with E-state index in [1.165, 1.54) is 0 Å². The number of ether oxygens (including phenoxy) is 1. The molecule has 1 fully saturated rings. The summed E-state index contributed by atoms with van der Waals surface area (Å²) in [6.07, 6.45) is 2.00. The van der Waals surface area contributed by atoms with Gasteiger partial charge in [-0.15, -0.1) is 0 Å². The topological polar surface area (TPSA) is 41.6 Å². The second-order valence-electron chi connectivity index (χ2n) is 5.23. The molecule has 1 aromatic rings. The van der Waals surface area contributed by atoms with E-state index in [1.807, 2.05) is 36.1 Å². The number of hydrogen-bond donors (Lipinski definition) is 1. The highest BCUT2D eigenvalue weighted by atomic mass is 16.5. The molecule has 1 aliphatic rings. The molecule has 0 saturated carbocycles. The van der Waals surface area contributed by atoms with Crippen LogP contribution in [-0.2, 0) is 4.79 Å². The molecular weight excluding hydrogens is 252 g/mol. The summed E-state index contributed by atoms with van der Waals surface area (Å²) in [5, 5.41) is 3.28. The van der Waals surface area contributed by atoms with Crippen LogP contribution in [0, 0.1) is 0 Å². The first-order valence-electron chi connectivity index (χ1n) is 7.35. The van der Waals surface area contributed by atoms with Crippen molar-refractivity contribution >= 4 is 5.91 Å². The molecule has 1 saturated heterocycles. The molecule has 1 aromatic carbocycles. The third-order valence-corrected chi connectivity index (χ3v) is 3.99. The van der Waals surface area contributed by atoms with Crippen LogP contribution in [0.3, 0.4) is 0 Å². The second-order valence-corrected chi connectivity index (χ2v) is 5.23. The van der Waals surface area contributed by atoms with Crippen molar-refractivity contribution < 1.29 is 9.53 Å². The predicted molar refractivity (Wildman–Crippen MR) is 79.8 cm³/mol. The number of amides is 1. The van der Waals surface area contributed by atoms with E-state index in [9.17, 15) is 4.79 Å². The summed E-state index contributed by atoms with van der Waals surface area (Å²) < 4.78 is 5.17. The average Bonchev–Trinajstić information content (AvgIpc) is 2.49. The molecule has 20 heavy (non-hydrogen) atoms. The molecule has 1 aliphatic heterocycles. The maximum atomic E-state index is 12.5. The van der Waals surface area contributed by atoms with Crippen molar-refractivity contribution in [3.8, 4) is 5.75 Å². The lowest BCUT2D eigenvalue weighted by Gasteiger charge is -2.37. The van der Waals surface area contributed by atoms with E-state index in [0.717, 1.165) is 37.2 Å². The summed E-state index contributed by atoms with van der Waals surface area (Å²) in [7, 11) is 1.66. The normalized spacial score (nSPS) is 20.9. The zero-order valence-corrected chi connectivity index (χ0v) is 12.6. The van der Waals surface area contributed by atoms with E-state index >= 15 is 0 Å². The van der Waals surface area contributed by atoms with Gasteiger partial charge >= 0.3 is 0 Å². The molecule has 0 radical (unpaired) electrons. The average molecular weight is 276 g/mol. The molecule has 2 atom stereocenters. The van der Waals surface area contributed by atoms with Gasteiger partial charge < -0.3 is 15.0 Å². The highest BCUT2D eigenvalue weighted by Gasteiger charge is 2.31. The molecule has 4 nitrogen and oxygen atoms in total. The fourth-order valence-electron chi connectivity index (χ4n) is 2.78. The van der Waals surface area contributed by atoms with Gasteiger partial charge in [0.15, 0.2) is 0 Å². The standard InChI is InChI=1S/C16H24N2O2/c1-4-17-15-6-5-11-18(16(15)19)12(2)13-7-9-14(20-3)10-8-13/h7-10,12,15,17H,4-6,11H2,1-3H3. The van der Waals surface area contributed by atoms with E-state index in [-0.39, 0.29) is 18.0 Å². The third kappa shape index (κ3) is 3.12. The summed E-state index contributed by atoms with van der Waals surface area (Å²) in [4.78, 5) is 14.5. The van der Waals surface area contributed by atoms with Crippen molar-refractivity contribution in [2.24, 2.45) is 0 Å². The monoisotopic (exact) mass is 276 g/mol. The number of likely N-dealkylation sites (tertiary alicyclic amines) is 1. The van der Waals surface area contributed by atoms with Crippen LogP contribution in [0.25, 0.3) is 0 Å². The zero-order valence-electron chi connectivity index (χ0n) is 12.6. The Hall–Kier alpha value is -1.55. The van der Waals surface area contributed by atoms with Gasteiger partial charge in [0.1, 0.15) is 5.75 Å². The molecular formula is C16H24N2O2. The van der Waals surface area contributed by atoms with Crippen LogP contribution in [0.4, 0.5) is 0 Å². The molecule has 0 bridgehead atoms. The summed E-state index contributed by atoms with van der Waals surface area (Å²) in [6.45, 7) is 5.81. The van der Waals surface area contributed by atoms with Crippen molar-refractivity contribution in [1.29, 1.82) is 0 Å². The number of carbonyl (C=O) groups is 1. The van der Waals surface area contributed by atoms with Crippen LogP contribution in [0.15, 0.2) is 24.3 Å². The molecule has 0 spiro atoms. The van der Waals surface area contributed by atoms with Crippen molar-refractivity contribution in [3.63, 3.8) is 0 Å². The highest BCUT2D eigenvalue weighted by Crippen LogP contribution is 2.26. The molecule has 1 N–H and O–H groups in total. The van der Waals surface area contributed by atoms with Crippen LogP contribution < -0.4 is 10.1 Å². The molecule has 2 rings (SSSR count). The van der Waals surface area contributed by atoms with Gasteiger partial charge in [0.2, 0.25) is 5.91 Å². The van der Waals surface area contributed by atoms with Gasteiger partial charge in [-0.1, -0.05) is 19.1 Å². The number of likely N-dealkylation sites (N-methyl/N-ethyl adjacent to an activating group) is 1. The lowest BCUT2D eigenvalue weighted by molar-refractivity contribution is -0.138. The Balaban J connectivity index is 2.10. The molecule has 0 aliphatic carbocycles. The van der Waals surface area contributed by atoms with Gasteiger partial charge in [0, 0.05) is 6.54 Å². The van der Waals surface area contributed by atoms with Crippen molar-refractivity contribution in [3.05, 3.63) is 29.8 Å². The van der Waals surface area contributed by atoms with Crippen LogP contribution in [0.2, 0.25) is 0 Å². The molecule has 0 aromatic heterocycles. The molecule has 4 heteroatoms. The van der Waals surface area contributed by atoms with Gasteiger partial charge in [-0.2, -0.15) is 0 Å². The van der Waals surface area contributed by atoms with E-state index in [0.29, 0.717) is 0 Å². The van der Waals surface area contributed by atoms with Crippen molar-refractivity contribution in [2.75, 3.05) is 20.2 Å². The third-order valence-electron chi connectivity index (χ3n) is 3.99. The quantitative estimate of drug-likeness (QED) is 0.897. The van der Waals surface area contributed by atoms with E-state index in [2.05, 4.69) is 12.2 Å². The smallest absolute Gasteiger partial charge is 0.240 e.